The summed E-state index contributed by atoms with van der Waals surface area (Å²) in [5.74, 6) is -0.166. The molecule has 0 bridgehead atoms. The van der Waals surface area contributed by atoms with Crippen molar-refractivity contribution in [1.82, 2.24) is 4.90 Å². The van der Waals surface area contributed by atoms with Gasteiger partial charge in [0.05, 0.1) is 7.11 Å². The van der Waals surface area contributed by atoms with Gasteiger partial charge in [0.25, 0.3) is 5.91 Å². The third-order valence-electron chi connectivity index (χ3n) is 7.61. The first-order valence-corrected chi connectivity index (χ1v) is 15.5. The van der Waals surface area contributed by atoms with Crippen molar-refractivity contribution in [3.05, 3.63) is 107 Å². The second kappa shape index (κ2) is 16.5. The van der Waals surface area contributed by atoms with Crippen LogP contribution >= 0.6 is 11.6 Å². The van der Waals surface area contributed by atoms with Crippen molar-refractivity contribution in [3.8, 4) is 33.8 Å². The minimum absolute atomic E-state index is 0.115. The van der Waals surface area contributed by atoms with Crippen molar-refractivity contribution in [2.24, 2.45) is 0 Å². The summed E-state index contributed by atoms with van der Waals surface area (Å²) in [5.41, 5.74) is 4.56. The fourth-order valence-corrected chi connectivity index (χ4v) is 5.44. The highest BCUT2D eigenvalue weighted by molar-refractivity contribution is 6.30. The van der Waals surface area contributed by atoms with Gasteiger partial charge >= 0.3 is 5.97 Å². The minimum atomic E-state index is -1.10. The third kappa shape index (κ3) is 9.35. The Bertz CT molecular complexity index is 1520. The van der Waals surface area contributed by atoms with Crippen molar-refractivity contribution in [1.29, 1.82) is 0 Å². The molecule has 0 saturated heterocycles. The van der Waals surface area contributed by atoms with Crippen molar-refractivity contribution in [2.75, 3.05) is 27.3 Å². The van der Waals surface area contributed by atoms with Crippen LogP contribution in [0.4, 0.5) is 0 Å². The molecule has 44 heavy (non-hydrogen) atoms. The first-order chi connectivity index (χ1) is 21.4. The Morgan fingerprint density at radius 2 is 1.43 bits per heavy atom. The first kappa shape index (κ1) is 32.6. The van der Waals surface area contributed by atoms with Gasteiger partial charge in [0.15, 0.2) is 6.61 Å². The lowest BCUT2D eigenvalue weighted by atomic mass is 9.93. The van der Waals surface area contributed by atoms with E-state index in [1.807, 2.05) is 43.4 Å². The van der Waals surface area contributed by atoms with Crippen LogP contribution in [0, 0.1) is 0 Å². The molecule has 4 rings (SSSR count). The number of benzene rings is 4. The van der Waals surface area contributed by atoms with Crippen molar-refractivity contribution in [3.63, 3.8) is 0 Å². The summed E-state index contributed by atoms with van der Waals surface area (Å²) in [5, 5.41) is 9.93. The molecular weight excluding hydrogens is 574 g/mol. The molecule has 1 amide bonds. The van der Waals surface area contributed by atoms with E-state index in [1.54, 1.807) is 36.3 Å². The number of aryl methyl sites for hydroxylation is 1. The standard InChI is InChI=1S/C37H40ClNO5/c1-39(22-11-6-4-3-5-8-13-27-14-9-7-10-15-27)37(42)30-24-33(28-18-20-32(43-2)21-19-28)36(44-26-35(40)41)34(25-30)29-16-12-17-31(38)23-29/h7,9-10,12,14-21,23-25H,3-6,8,11,13,22,26H2,1-2H3,(H,40,41). The molecule has 4 aromatic rings. The monoisotopic (exact) mass is 613 g/mol. The quantitative estimate of drug-likeness (QED) is 0.128. The number of amides is 1. The summed E-state index contributed by atoms with van der Waals surface area (Å²) in [6.07, 6.45) is 7.85. The molecule has 0 unspecified atom stereocenters. The summed E-state index contributed by atoms with van der Waals surface area (Å²) < 4.78 is 11.2. The molecule has 0 radical (unpaired) electrons. The molecule has 0 spiro atoms. The Morgan fingerprint density at radius 3 is 2.09 bits per heavy atom. The molecule has 0 atom stereocenters. The zero-order chi connectivity index (χ0) is 31.3. The molecule has 6 nitrogen and oxygen atoms in total. The number of ether oxygens (including phenoxy) is 2. The predicted octanol–water partition coefficient (Wildman–Crippen LogP) is 8.80. The number of carboxylic acid groups (broad SMARTS) is 1. The van der Waals surface area contributed by atoms with Crippen LogP contribution in [0.1, 0.15) is 54.4 Å². The van der Waals surface area contributed by atoms with E-state index < -0.39 is 12.6 Å². The largest absolute Gasteiger partial charge is 0.497 e. The number of unbranched alkanes of at least 4 members (excludes halogenated alkanes) is 5. The molecule has 0 aliphatic carbocycles. The number of aliphatic carboxylic acids is 1. The average molecular weight is 614 g/mol. The number of methoxy groups -OCH3 is 1. The second-order valence-corrected chi connectivity index (χ2v) is 11.3. The van der Waals surface area contributed by atoms with Crippen molar-refractivity contribution in [2.45, 2.75) is 44.9 Å². The molecule has 0 aliphatic rings. The van der Waals surface area contributed by atoms with Crippen LogP contribution in [-0.2, 0) is 11.2 Å². The Balaban J connectivity index is 1.49. The minimum Gasteiger partial charge on any atom is -0.497 e. The van der Waals surface area contributed by atoms with E-state index in [-0.39, 0.29) is 5.91 Å². The van der Waals surface area contributed by atoms with Gasteiger partial charge in [-0.25, -0.2) is 4.79 Å². The lowest BCUT2D eigenvalue weighted by molar-refractivity contribution is -0.139. The van der Waals surface area contributed by atoms with Crippen LogP contribution in [0.25, 0.3) is 22.3 Å². The van der Waals surface area contributed by atoms with Gasteiger partial charge in [-0.1, -0.05) is 91.9 Å². The maximum absolute atomic E-state index is 13.7. The molecular formula is C37H40ClNO5. The summed E-state index contributed by atoms with van der Waals surface area (Å²) in [6.45, 7) is 0.112. The topological polar surface area (TPSA) is 76.1 Å². The smallest absolute Gasteiger partial charge is 0.341 e. The van der Waals surface area contributed by atoms with E-state index in [4.69, 9.17) is 21.1 Å². The van der Waals surface area contributed by atoms with Crippen LogP contribution in [-0.4, -0.2) is 49.2 Å². The summed E-state index contributed by atoms with van der Waals surface area (Å²) in [6, 6.07) is 28.7. The number of halogens is 1. The molecule has 230 valence electrons. The van der Waals surface area contributed by atoms with Crippen molar-refractivity contribution >= 4 is 23.5 Å². The first-order valence-electron chi connectivity index (χ1n) is 15.1. The molecule has 0 fully saturated rings. The van der Waals surface area contributed by atoms with E-state index in [2.05, 4.69) is 30.3 Å². The predicted molar refractivity (Wildman–Crippen MR) is 177 cm³/mol. The van der Waals surface area contributed by atoms with Crippen LogP contribution in [0.5, 0.6) is 11.5 Å². The van der Waals surface area contributed by atoms with E-state index >= 15 is 0 Å². The average Bonchev–Trinajstić information content (AvgIpc) is 3.04. The maximum Gasteiger partial charge on any atom is 0.341 e. The Morgan fingerprint density at radius 1 is 0.773 bits per heavy atom. The van der Waals surface area contributed by atoms with Crippen LogP contribution < -0.4 is 9.47 Å². The van der Waals surface area contributed by atoms with Crippen LogP contribution in [0.15, 0.2) is 91.0 Å². The highest BCUT2D eigenvalue weighted by Crippen LogP contribution is 2.41. The molecule has 0 heterocycles. The van der Waals surface area contributed by atoms with Crippen LogP contribution in [0.3, 0.4) is 0 Å². The number of carboxylic acids is 1. The fourth-order valence-electron chi connectivity index (χ4n) is 5.25. The normalized spacial score (nSPS) is 10.8. The third-order valence-corrected chi connectivity index (χ3v) is 7.85. The highest BCUT2D eigenvalue weighted by atomic mass is 35.5. The van der Waals surface area contributed by atoms with E-state index in [0.717, 1.165) is 36.8 Å². The summed E-state index contributed by atoms with van der Waals surface area (Å²) >= 11 is 6.33. The van der Waals surface area contributed by atoms with Crippen LogP contribution in [0.2, 0.25) is 5.02 Å². The fraction of sp³-hybridized carbons (Fsp3) is 0.297. The van der Waals surface area contributed by atoms with Gasteiger partial charge in [-0.3, -0.25) is 4.79 Å². The Kier molecular flexibility index (Phi) is 12.3. The summed E-state index contributed by atoms with van der Waals surface area (Å²) in [4.78, 5) is 27.0. The zero-order valence-electron chi connectivity index (χ0n) is 25.4. The number of nitrogens with zero attached hydrogens (tertiary/aromatic N) is 1. The molecule has 1 N–H and O–H groups in total. The van der Waals surface area contributed by atoms with Crippen molar-refractivity contribution < 1.29 is 24.2 Å². The van der Waals surface area contributed by atoms with E-state index in [0.29, 0.717) is 39.8 Å². The van der Waals surface area contributed by atoms with E-state index in [1.165, 1.54) is 24.8 Å². The lowest BCUT2D eigenvalue weighted by Gasteiger charge is -2.21. The van der Waals surface area contributed by atoms with Gasteiger partial charge in [0.2, 0.25) is 0 Å². The van der Waals surface area contributed by atoms with E-state index in [9.17, 15) is 14.7 Å². The molecule has 0 aromatic heterocycles. The molecule has 4 aromatic carbocycles. The number of hydrogen-bond acceptors (Lipinski definition) is 4. The number of carbonyl (C=O) groups is 2. The SMILES string of the molecule is COc1ccc(-c2cc(C(=O)N(C)CCCCCCCCc3ccccc3)cc(-c3cccc(Cl)c3)c2OCC(=O)O)cc1. The van der Waals surface area contributed by atoms with Gasteiger partial charge in [-0.15, -0.1) is 0 Å². The Hall–Kier alpha value is -4.29. The zero-order valence-corrected chi connectivity index (χ0v) is 26.2. The molecule has 0 aliphatic heterocycles. The maximum atomic E-state index is 13.7. The number of carbonyl (C=O) groups excluding carboxylic acids is 1. The number of hydrogen-bond donors (Lipinski definition) is 1. The van der Waals surface area contributed by atoms with Gasteiger partial charge < -0.3 is 19.5 Å². The molecule has 0 saturated carbocycles. The van der Waals surface area contributed by atoms with Gasteiger partial charge in [-0.2, -0.15) is 0 Å². The second-order valence-electron chi connectivity index (χ2n) is 10.9. The number of rotatable bonds is 16. The van der Waals surface area contributed by atoms with Gasteiger partial charge in [0, 0.05) is 35.3 Å². The Labute approximate surface area is 265 Å². The highest BCUT2D eigenvalue weighted by Gasteiger charge is 2.21. The van der Waals surface area contributed by atoms with Gasteiger partial charge in [-0.05, 0) is 72.4 Å². The lowest BCUT2D eigenvalue weighted by Crippen LogP contribution is -2.28. The summed E-state index contributed by atoms with van der Waals surface area (Å²) in [7, 11) is 3.41. The molecule has 7 heteroatoms. The van der Waals surface area contributed by atoms with Gasteiger partial charge in [0.1, 0.15) is 11.5 Å².